The lowest BCUT2D eigenvalue weighted by molar-refractivity contribution is 0.0688. The van der Waals surface area contributed by atoms with Crippen LogP contribution in [-0.2, 0) is 0 Å². The SMILES string of the molecule is Br.O=C(O)c1cncn1-c1ccc(O)cc1. The van der Waals surface area contributed by atoms with Gasteiger partial charge in [0.05, 0.1) is 12.5 Å². The molecule has 1 heterocycles. The molecule has 0 amide bonds. The van der Waals surface area contributed by atoms with Crippen molar-refractivity contribution >= 4 is 23.0 Å². The Morgan fingerprint density at radius 3 is 2.44 bits per heavy atom. The second-order valence-corrected chi connectivity index (χ2v) is 2.97. The summed E-state index contributed by atoms with van der Waals surface area (Å²) in [4.78, 5) is 14.6. The van der Waals surface area contributed by atoms with E-state index in [9.17, 15) is 4.79 Å². The molecule has 0 unspecified atom stereocenters. The van der Waals surface area contributed by atoms with Crippen LogP contribution >= 0.6 is 17.0 Å². The molecule has 0 bridgehead atoms. The summed E-state index contributed by atoms with van der Waals surface area (Å²) in [6.45, 7) is 0. The van der Waals surface area contributed by atoms with Crippen molar-refractivity contribution in [2.45, 2.75) is 0 Å². The Morgan fingerprint density at radius 1 is 1.25 bits per heavy atom. The number of carbonyl (C=O) groups is 1. The zero-order chi connectivity index (χ0) is 10.8. The minimum atomic E-state index is -1.04. The molecule has 0 spiro atoms. The molecule has 2 N–H and O–H groups in total. The van der Waals surface area contributed by atoms with Crippen molar-refractivity contribution in [3.8, 4) is 11.4 Å². The van der Waals surface area contributed by atoms with Gasteiger partial charge >= 0.3 is 5.97 Å². The highest BCUT2D eigenvalue weighted by Gasteiger charge is 2.10. The first kappa shape index (κ1) is 12.3. The van der Waals surface area contributed by atoms with Gasteiger partial charge in [0, 0.05) is 5.69 Å². The maximum atomic E-state index is 10.8. The first-order valence-electron chi connectivity index (χ1n) is 4.23. The van der Waals surface area contributed by atoms with Crippen LogP contribution in [0.2, 0.25) is 0 Å². The highest BCUT2D eigenvalue weighted by Crippen LogP contribution is 2.15. The van der Waals surface area contributed by atoms with E-state index in [4.69, 9.17) is 10.2 Å². The molecule has 2 aromatic rings. The second-order valence-electron chi connectivity index (χ2n) is 2.97. The topological polar surface area (TPSA) is 75.3 Å². The lowest BCUT2D eigenvalue weighted by Crippen LogP contribution is -2.05. The van der Waals surface area contributed by atoms with Crippen LogP contribution in [0.15, 0.2) is 36.8 Å². The number of phenols is 1. The summed E-state index contributed by atoms with van der Waals surface area (Å²) in [6, 6.07) is 6.20. The molecular weight excluding hydrogens is 276 g/mol. The third-order valence-corrected chi connectivity index (χ3v) is 1.99. The lowest BCUT2D eigenvalue weighted by atomic mass is 10.3. The van der Waals surface area contributed by atoms with Gasteiger partial charge in [-0.05, 0) is 24.3 Å². The van der Waals surface area contributed by atoms with E-state index in [2.05, 4.69) is 4.98 Å². The van der Waals surface area contributed by atoms with E-state index in [0.717, 1.165) is 0 Å². The van der Waals surface area contributed by atoms with Gasteiger partial charge in [0.1, 0.15) is 5.75 Å². The number of benzene rings is 1. The van der Waals surface area contributed by atoms with E-state index in [1.54, 1.807) is 12.1 Å². The number of aromatic nitrogens is 2. The molecule has 0 saturated heterocycles. The van der Waals surface area contributed by atoms with E-state index in [0.29, 0.717) is 5.69 Å². The number of carboxylic acids is 1. The zero-order valence-corrected chi connectivity index (χ0v) is 9.78. The Labute approximate surface area is 102 Å². The van der Waals surface area contributed by atoms with Gasteiger partial charge in [-0.1, -0.05) is 0 Å². The van der Waals surface area contributed by atoms with Crippen LogP contribution in [-0.4, -0.2) is 25.7 Å². The minimum Gasteiger partial charge on any atom is -0.508 e. The van der Waals surface area contributed by atoms with Crippen LogP contribution < -0.4 is 0 Å². The van der Waals surface area contributed by atoms with Crippen molar-refractivity contribution in [2.75, 3.05) is 0 Å². The largest absolute Gasteiger partial charge is 0.508 e. The summed E-state index contributed by atoms with van der Waals surface area (Å²) >= 11 is 0. The van der Waals surface area contributed by atoms with Gasteiger partial charge in [0.15, 0.2) is 5.69 Å². The fourth-order valence-electron chi connectivity index (χ4n) is 1.27. The molecular formula is C10H9BrN2O3. The highest BCUT2D eigenvalue weighted by atomic mass is 79.9. The highest BCUT2D eigenvalue weighted by molar-refractivity contribution is 8.93. The van der Waals surface area contributed by atoms with Crippen LogP contribution in [0.1, 0.15) is 10.5 Å². The summed E-state index contributed by atoms with van der Waals surface area (Å²) in [5.41, 5.74) is 0.725. The van der Waals surface area contributed by atoms with E-state index in [1.165, 1.54) is 29.2 Å². The number of aromatic carboxylic acids is 1. The van der Waals surface area contributed by atoms with Gasteiger partial charge in [-0.25, -0.2) is 9.78 Å². The monoisotopic (exact) mass is 284 g/mol. The smallest absolute Gasteiger partial charge is 0.354 e. The van der Waals surface area contributed by atoms with Crippen molar-refractivity contribution in [1.29, 1.82) is 0 Å². The summed E-state index contributed by atoms with van der Waals surface area (Å²) in [5, 5.41) is 18.0. The van der Waals surface area contributed by atoms with Gasteiger partial charge in [-0.2, -0.15) is 0 Å². The number of hydrogen-bond acceptors (Lipinski definition) is 3. The molecule has 16 heavy (non-hydrogen) atoms. The van der Waals surface area contributed by atoms with E-state index >= 15 is 0 Å². The molecule has 2 rings (SSSR count). The molecule has 0 aliphatic carbocycles. The van der Waals surface area contributed by atoms with Gasteiger partial charge in [-0.3, -0.25) is 4.57 Å². The summed E-state index contributed by atoms with van der Waals surface area (Å²) < 4.78 is 1.43. The maximum absolute atomic E-state index is 10.8. The number of hydrogen-bond donors (Lipinski definition) is 2. The molecule has 0 atom stereocenters. The average Bonchev–Trinajstić information content (AvgIpc) is 2.67. The molecule has 0 aliphatic heterocycles. The normalized spacial score (nSPS) is 9.50. The van der Waals surface area contributed by atoms with Crippen molar-refractivity contribution in [2.24, 2.45) is 0 Å². The van der Waals surface area contributed by atoms with Crippen molar-refractivity contribution in [3.63, 3.8) is 0 Å². The summed E-state index contributed by atoms with van der Waals surface area (Å²) in [6.07, 6.45) is 2.69. The molecule has 0 saturated carbocycles. The third kappa shape index (κ3) is 2.22. The van der Waals surface area contributed by atoms with E-state index in [1.807, 2.05) is 0 Å². The van der Waals surface area contributed by atoms with Crippen molar-refractivity contribution in [1.82, 2.24) is 9.55 Å². The number of rotatable bonds is 2. The quantitative estimate of drug-likeness (QED) is 0.883. The van der Waals surface area contributed by atoms with Gasteiger partial charge in [0.2, 0.25) is 0 Å². The average molecular weight is 285 g/mol. The van der Waals surface area contributed by atoms with Crippen molar-refractivity contribution in [3.05, 3.63) is 42.5 Å². The number of nitrogens with zero attached hydrogens (tertiary/aromatic N) is 2. The zero-order valence-electron chi connectivity index (χ0n) is 8.07. The molecule has 0 radical (unpaired) electrons. The van der Waals surface area contributed by atoms with Crippen molar-refractivity contribution < 1.29 is 15.0 Å². The summed E-state index contributed by atoms with van der Waals surface area (Å²) in [5.74, 6) is -0.906. The Hall–Kier alpha value is -1.82. The first-order valence-corrected chi connectivity index (χ1v) is 4.23. The van der Waals surface area contributed by atoms with Gasteiger partial charge < -0.3 is 10.2 Å². The fourth-order valence-corrected chi connectivity index (χ4v) is 1.27. The fraction of sp³-hybridized carbons (Fsp3) is 0. The summed E-state index contributed by atoms with van der Waals surface area (Å²) in [7, 11) is 0. The van der Waals surface area contributed by atoms with Crippen LogP contribution in [0.3, 0.4) is 0 Å². The number of imidazole rings is 1. The van der Waals surface area contributed by atoms with E-state index in [-0.39, 0.29) is 28.4 Å². The number of phenolic OH excluding ortho intramolecular Hbond substituents is 1. The Morgan fingerprint density at radius 2 is 1.88 bits per heavy atom. The molecule has 84 valence electrons. The molecule has 1 aromatic heterocycles. The predicted molar refractivity (Wildman–Crippen MR) is 62.5 cm³/mol. The Balaban J connectivity index is 0.00000128. The molecule has 6 heteroatoms. The number of carboxylic acid groups (broad SMARTS) is 1. The van der Waals surface area contributed by atoms with Crippen LogP contribution in [0, 0.1) is 0 Å². The minimum absolute atomic E-state index is 0. The molecule has 5 nitrogen and oxygen atoms in total. The number of aromatic hydroxyl groups is 1. The Kier molecular flexibility index (Phi) is 3.68. The maximum Gasteiger partial charge on any atom is 0.354 e. The number of halogens is 1. The third-order valence-electron chi connectivity index (χ3n) is 1.99. The molecule has 0 fully saturated rings. The predicted octanol–water partition coefficient (Wildman–Crippen LogP) is 1.85. The molecule has 0 aliphatic rings. The second kappa shape index (κ2) is 4.80. The molecule has 1 aromatic carbocycles. The van der Waals surface area contributed by atoms with Crippen LogP contribution in [0.4, 0.5) is 0 Å². The Bertz CT molecular complexity index is 493. The van der Waals surface area contributed by atoms with E-state index < -0.39 is 5.97 Å². The van der Waals surface area contributed by atoms with Gasteiger partial charge in [0.25, 0.3) is 0 Å². The van der Waals surface area contributed by atoms with Gasteiger partial charge in [-0.15, -0.1) is 17.0 Å². The van der Waals surface area contributed by atoms with Crippen LogP contribution in [0.5, 0.6) is 5.75 Å². The standard InChI is InChI=1S/C10H8N2O3.BrH/c13-8-3-1-7(2-4-8)12-6-11-5-9(12)10(14)15;/h1-6,13H,(H,14,15);1H. The first-order chi connectivity index (χ1) is 7.18. The lowest BCUT2D eigenvalue weighted by Gasteiger charge is -2.04. The van der Waals surface area contributed by atoms with Crippen LogP contribution in [0.25, 0.3) is 5.69 Å².